The van der Waals surface area contributed by atoms with Crippen LogP contribution in [0.4, 0.5) is 34.1 Å². The standard InChI is InChI=1S/C46H31BN2OSSi/c1-52(2)41-21-11-8-18-35(41)49-37-27-29(28-23-24-39-33(25-28)31-15-6-9-19-38(31)50-39)26-36-43(37)47(34-17-12-22-42(52)45(34)49)46-44(32-16-7-10-20-40(32)51-46)48(36)30-13-4-3-5-14-30/h3-27H,1-2H3. The number of furan rings is 1. The van der Waals surface area contributed by atoms with Crippen molar-refractivity contribution in [3.8, 4) is 11.1 Å². The Bertz CT molecular complexity index is 2980. The molecule has 0 unspecified atom stereocenters. The number of nitrogens with zero attached hydrogens (tertiary/aromatic N) is 2. The fourth-order valence-corrected chi connectivity index (χ4v) is 13.8. The number of hydrogen-bond donors (Lipinski definition) is 0. The first-order chi connectivity index (χ1) is 25.6. The average Bonchev–Trinajstić information content (AvgIpc) is 3.76. The zero-order valence-electron chi connectivity index (χ0n) is 28.7. The third-order valence-corrected chi connectivity index (χ3v) is 16.6. The topological polar surface area (TPSA) is 19.6 Å². The lowest BCUT2D eigenvalue weighted by Gasteiger charge is -2.48. The first-order valence-electron chi connectivity index (χ1n) is 18.1. The van der Waals surface area contributed by atoms with Crippen molar-refractivity contribution < 1.29 is 4.42 Å². The van der Waals surface area contributed by atoms with Crippen LogP contribution in [0.25, 0.3) is 43.2 Å². The molecule has 0 radical (unpaired) electrons. The van der Waals surface area contributed by atoms with Gasteiger partial charge in [-0.3, -0.25) is 0 Å². The quantitative estimate of drug-likeness (QED) is 0.168. The molecule has 0 bridgehead atoms. The third-order valence-electron chi connectivity index (χ3n) is 11.8. The van der Waals surface area contributed by atoms with Gasteiger partial charge in [0.05, 0.1) is 5.69 Å². The summed E-state index contributed by atoms with van der Waals surface area (Å²) in [6.07, 6.45) is 0. The average molecular weight is 699 g/mol. The number of thiophene rings is 1. The Labute approximate surface area is 307 Å². The normalized spacial score (nSPS) is 14.8. The minimum Gasteiger partial charge on any atom is -0.456 e. The van der Waals surface area contributed by atoms with Gasteiger partial charge < -0.3 is 14.2 Å². The van der Waals surface area contributed by atoms with Crippen LogP contribution in [-0.2, 0) is 0 Å². The lowest BCUT2D eigenvalue weighted by atomic mass is 9.36. The van der Waals surface area contributed by atoms with E-state index < -0.39 is 8.07 Å². The van der Waals surface area contributed by atoms with Gasteiger partial charge in [-0.15, -0.1) is 11.3 Å². The number of fused-ring (bicyclic) bond motifs is 11. The number of rotatable bonds is 2. The molecule has 5 heterocycles. The van der Waals surface area contributed by atoms with Crippen molar-refractivity contribution in [3.05, 3.63) is 152 Å². The van der Waals surface area contributed by atoms with Gasteiger partial charge in [0, 0.05) is 54.1 Å². The number of para-hydroxylation sites is 4. The zero-order chi connectivity index (χ0) is 34.3. The first-order valence-corrected chi connectivity index (χ1v) is 21.9. The van der Waals surface area contributed by atoms with E-state index in [1.54, 1.807) is 0 Å². The number of anilines is 6. The summed E-state index contributed by atoms with van der Waals surface area (Å²) in [5.41, 5.74) is 14.7. The molecule has 7 aromatic carbocycles. The maximum absolute atomic E-state index is 6.29. The lowest BCUT2D eigenvalue weighted by molar-refractivity contribution is 0.669. The molecule has 244 valence electrons. The van der Waals surface area contributed by atoms with Crippen LogP contribution in [-0.4, -0.2) is 14.8 Å². The molecular formula is C46H31BN2OSSi. The van der Waals surface area contributed by atoms with Crippen molar-refractivity contribution in [1.29, 1.82) is 0 Å². The van der Waals surface area contributed by atoms with E-state index in [0.29, 0.717) is 0 Å². The molecule has 3 nitrogen and oxygen atoms in total. The van der Waals surface area contributed by atoms with Gasteiger partial charge in [-0.2, -0.15) is 0 Å². The van der Waals surface area contributed by atoms with Crippen LogP contribution >= 0.6 is 11.3 Å². The molecule has 0 fully saturated rings. The van der Waals surface area contributed by atoms with Gasteiger partial charge >= 0.3 is 0 Å². The van der Waals surface area contributed by atoms with Gasteiger partial charge in [0.15, 0.2) is 0 Å². The maximum atomic E-state index is 6.29. The van der Waals surface area contributed by atoms with E-state index in [-0.39, 0.29) is 6.71 Å². The highest BCUT2D eigenvalue weighted by atomic mass is 32.1. The van der Waals surface area contributed by atoms with Crippen LogP contribution in [0.5, 0.6) is 0 Å². The SMILES string of the molecule is C[Si]1(C)c2ccccc2N2c3cc(-c4ccc5oc6ccccc6c5c4)cc4c3B(c3cccc1c32)c1sc2ccccc2c1N4c1ccccc1. The molecule has 2 aromatic heterocycles. The summed E-state index contributed by atoms with van der Waals surface area (Å²) in [4.78, 5) is 5.19. The number of hydrogen-bond acceptors (Lipinski definition) is 4. The smallest absolute Gasteiger partial charge is 0.264 e. The summed E-state index contributed by atoms with van der Waals surface area (Å²) >= 11 is 1.96. The third kappa shape index (κ3) is 3.65. The molecule has 52 heavy (non-hydrogen) atoms. The van der Waals surface area contributed by atoms with Crippen molar-refractivity contribution in [2.75, 3.05) is 9.80 Å². The molecular weight excluding hydrogens is 667 g/mol. The molecule has 0 atom stereocenters. The van der Waals surface area contributed by atoms with E-state index in [1.165, 1.54) is 81.4 Å². The van der Waals surface area contributed by atoms with E-state index in [0.717, 1.165) is 21.9 Å². The van der Waals surface area contributed by atoms with E-state index in [9.17, 15) is 0 Å². The molecule has 12 rings (SSSR count). The van der Waals surface area contributed by atoms with Crippen LogP contribution in [0.3, 0.4) is 0 Å². The molecule has 9 aromatic rings. The monoisotopic (exact) mass is 698 g/mol. The Morgan fingerprint density at radius 2 is 1.25 bits per heavy atom. The van der Waals surface area contributed by atoms with Crippen molar-refractivity contribution in [1.82, 2.24) is 0 Å². The van der Waals surface area contributed by atoms with Gasteiger partial charge in [0.1, 0.15) is 19.2 Å². The van der Waals surface area contributed by atoms with Gasteiger partial charge in [-0.1, -0.05) is 110 Å². The molecule has 0 N–H and O–H groups in total. The number of benzene rings is 7. The van der Waals surface area contributed by atoms with Gasteiger partial charge in [-0.05, 0) is 87.0 Å². The first kappa shape index (κ1) is 28.8. The fourth-order valence-electron chi connectivity index (χ4n) is 9.49. The highest BCUT2D eigenvalue weighted by molar-refractivity contribution is 7.33. The van der Waals surface area contributed by atoms with Crippen LogP contribution in [0.15, 0.2) is 156 Å². The van der Waals surface area contributed by atoms with Gasteiger partial charge in [0.25, 0.3) is 6.71 Å². The van der Waals surface area contributed by atoms with Crippen LogP contribution in [0, 0.1) is 0 Å². The summed E-state index contributed by atoms with van der Waals surface area (Å²) in [7, 11) is -2.02. The minimum absolute atomic E-state index is 0.118. The second kappa shape index (κ2) is 10.2. The van der Waals surface area contributed by atoms with Crippen LogP contribution in [0.1, 0.15) is 0 Å². The van der Waals surface area contributed by atoms with E-state index in [1.807, 2.05) is 17.4 Å². The zero-order valence-corrected chi connectivity index (χ0v) is 30.5. The van der Waals surface area contributed by atoms with Gasteiger partial charge in [0.2, 0.25) is 0 Å². The maximum Gasteiger partial charge on any atom is 0.264 e. The highest BCUT2D eigenvalue weighted by Gasteiger charge is 2.49. The largest absolute Gasteiger partial charge is 0.456 e. The summed E-state index contributed by atoms with van der Waals surface area (Å²) in [5.74, 6) is 0. The van der Waals surface area contributed by atoms with E-state index in [4.69, 9.17) is 4.42 Å². The molecule has 6 heteroatoms. The fraction of sp³-hybridized carbons (Fsp3) is 0.0435. The minimum atomic E-state index is -2.02. The van der Waals surface area contributed by atoms with Crippen LogP contribution < -0.4 is 35.9 Å². The van der Waals surface area contributed by atoms with Gasteiger partial charge in [-0.25, -0.2) is 0 Å². The molecule has 0 aliphatic carbocycles. The van der Waals surface area contributed by atoms with Crippen molar-refractivity contribution in [3.63, 3.8) is 0 Å². The second-order valence-electron chi connectivity index (χ2n) is 14.9. The molecule has 3 aliphatic heterocycles. The summed E-state index contributed by atoms with van der Waals surface area (Å²) < 4.78 is 9.04. The summed E-state index contributed by atoms with van der Waals surface area (Å²) in [6.45, 7) is 5.18. The molecule has 0 saturated heterocycles. The van der Waals surface area contributed by atoms with Crippen molar-refractivity contribution in [2.45, 2.75) is 13.1 Å². The predicted molar refractivity (Wildman–Crippen MR) is 225 cm³/mol. The molecule has 0 amide bonds. The van der Waals surface area contributed by atoms with E-state index in [2.05, 4.69) is 168 Å². The molecule has 3 aliphatic rings. The Balaban J connectivity index is 1.24. The molecule has 0 spiro atoms. The Morgan fingerprint density at radius 3 is 2.13 bits per heavy atom. The van der Waals surface area contributed by atoms with Crippen molar-refractivity contribution in [2.24, 2.45) is 0 Å². The van der Waals surface area contributed by atoms with Crippen LogP contribution in [0.2, 0.25) is 13.1 Å². The predicted octanol–water partition coefficient (Wildman–Crippen LogP) is 9.69. The Morgan fingerprint density at radius 1 is 0.538 bits per heavy atom. The summed E-state index contributed by atoms with van der Waals surface area (Å²) in [5, 5.41) is 6.60. The Kier molecular flexibility index (Phi) is 5.63. The lowest BCUT2D eigenvalue weighted by Crippen LogP contribution is -2.67. The second-order valence-corrected chi connectivity index (χ2v) is 20.3. The van der Waals surface area contributed by atoms with E-state index >= 15 is 0 Å². The highest BCUT2D eigenvalue weighted by Crippen LogP contribution is 2.50. The summed E-state index contributed by atoms with van der Waals surface area (Å²) in [6, 6.07) is 56.3. The molecule has 0 saturated carbocycles. The Hall–Kier alpha value is -5.82. The van der Waals surface area contributed by atoms with Crippen molar-refractivity contribution >= 4 is 118 Å².